The molecule has 2 N–H and O–H groups in total. The predicted molar refractivity (Wildman–Crippen MR) is 79.5 cm³/mol. The second-order valence-corrected chi connectivity index (χ2v) is 5.07. The van der Waals surface area contributed by atoms with Gasteiger partial charge in [-0.3, -0.25) is 9.59 Å². The van der Waals surface area contributed by atoms with Crippen LogP contribution < -0.4 is 10.9 Å². The Morgan fingerprint density at radius 3 is 2.67 bits per heavy atom. The molecule has 0 atom stereocenters. The Morgan fingerprint density at radius 2 is 2.14 bits per heavy atom. The highest BCUT2D eigenvalue weighted by atomic mass is 35.5. The van der Waals surface area contributed by atoms with Gasteiger partial charge in [0.05, 0.1) is 24.6 Å². The minimum absolute atomic E-state index is 0.0801. The third kappa shape index (κ3) is 4.44. The third-order valence-electron chi connectivity index (χ3n) is 3.42. The van der Waals surface area contributed by atoms with Gasteiger partial charge in [0.25, 0.3) is 5.56 Å². The van der Waals surface area contributed by atoms with Crippen molar-refractivity contribution in [3.63, 3.8) is 0 Å². The van der Waals surface area contributed by atoms with Crippen molar-refractivity contribution in [1.29, 1.82) is 0 Å². The number of halogens is 1. The maximum absolute atomic E-state index is 12.0. The molecule has 0 saturated heterocycles. The number of rotatable bonds is 7. The van der Waals surface area contributed by atoms with Crippen LogP contribution in [0, 0.1) is 0 Å². The fourth-order valence-corrected chi connectivity index (χ4v) is 1.86. The van der Waals surface area contributed by atoms with Gasteiger partial charge in [-0.1, -0.05) is 25.4 Å². The van der Waals surface area contributed by atoms with Gasteiger partial charge in [-0.2, -0.15) is 5.10 Å². The van der Waals surface area contributed by atoms with E-state index in [1.165, 1.54) is 13.3 Å². The zero-order chi connectivity index (χ0) is 16.0. The van der Waals surface area contributed by atoms with Gasteiger partial charge in [0.2, 0.25) is 0 Å². The van der Waals surface area contributed by atoms with Crippen LogP contribution in [0.15, 0.2) is 11.0 Å². The molecule has 1 aromatic heterocycles. The van der Waals surface area contributed by atoms with E-state index in [9.17, 15) is 14.7 Å². The average Bonchev–Trinajstić information content (AvgIpc) is 2.50. The Kier molecular flexibility index (Phi) is 6.17. The molecule has 0 amide bonds. The molecule has 7 nitrogen and oxygen atoms in total. The molecule has 1 rings (SSSR count). The summed E-state index contributed by atoms with van der Waals surface area (Å²) < 4.78 is 5.39. The number of esters is 1. The molecule has 1 aromatic rings. The number of aliphatic hydroxyl groups is 1. The second-order valence-electron chi connectivity index (χ2n) is 4.70. The quantitative estimate of drug-likeness (QED) is 0.730. The summed E-state index contributed by atoms with van der Waals surface area (Å²) in [4.78, 5) is 23.1. The Balaban J connectivity index is 2.90. The highest BCUT2D eigenvalue weighted by Crippen LogP contribution is 2.19. The van der Waals surface area contributed by atoms with Gasteiger partial charge in [-0.25, -0.2) is 4.68 Å². The number of anilines is 1. The molecule has 0 saturated carbocycles. The van der Waals surface area contributed by atoms with E-state index >= 15 is 0 Å². The molecule has 0 aromatic carbocycles. The molecule has 0 fully saturated rings. The number of nitrogens with zero attached hydrogens (tertiary/aromatic N) is 2. The first-order valence-electron chi connectivity index (χ1n) is 6.65. The molecule has 0 aliphatic rings. The van der Waals surface area contributed by atoms with Crippen LogP contribution in [0.2, 0.25) is 5.02 Å². The van der Waals surface area contributed by atoms with Crippen LogP contribution in [-0.2, 0) is 16.1 Å². The van der Waals surface area contributed by atoms with Crippen molar-refractivity contribution in [3.05, 3.63) is 21.6 Å². The fraction of sp³-hybridized carbons (Fsp3) is 0.615. The van der Waals surface area contributed by atoms with Crippen molar-refractivity contribution in [2.75, 3.05) is 19.0 Å². The molecule has 0 radical (unpaired) electrons. The first-order valence-corrected chi connectivity index (χ1v) is 7.03. The number of aromatic nitrogens is 2. The highest BCUT2D eigenvalue weighted by molar-refractivity contribution is 6.32. The van der Waals surface area contributed by atoms with Gasteiger partial charge in [0.1, 0.15) is 11.6 Å². The largest absolute Gasteiger partial charge is 0.468 e. The van der Waals surface area contributed by atoms with Crippen LogP contribution in [0.1, 0.15) is 26.7 Å². The van der Waals surface area contributed by atoms with Crippen LogP contribution >= 0.6 is 11.6 Å². The third-order valence-corrected chi connectivity index (χ3v) is 3.78. The Morgan fingerprint density at radius 1 is 1.52 bits per heavy atom. The van der Waals surface area contributed by atoms with Gasteiger partial charge in [0.15, 0.2) is 0 Å². The maximum atomic E-state index is 12.0. The number of nitrogens with one attached hydrogen (secondary N) is 1. The summed E-state index contributed by atoms with van der Waals surface area (Å²) in [5, 5.41) is 16.9. The number of methoxy groups -OCH3 is 1. The molecule has 0 bridgehead atoms. The van der Waals surface area contributed by atoms with E-state index in [1.54, 1.807) is 0 Å². The molecule has 0 unspecified atom stereocenters. The molecule has 1 heterocycles. The number of ether oxygens (including phenoxy) is 1. The molecule has 0 aliphatic carbocycles. The second kappa shape index (κ2) is 7.42. The molecule has 118 valence electrons. The van der Waals surface area contributed by atoms with E-state index in [2.05, 4.69) is 15.2 Å². The van der Waals surface area contributed by atoms with Crippen LogP contribution in [0.3, 0.4) is 0 Å². The zero-order valence-electron chi connectivity index (χ0n) is 12.4. The lowest BCUT2D eigenvalue weighted by molar-refractivity contribution is -0.141. The topological polar surface area (TPSA) is 93.5 Å². The average molecular weight is 318 g/mol. The van der Waals surface area contributed by atoms with Gasteiger partial charge >= 0.3 is 5.97 Å². The van der Waals surface area contributed by atoms with Gasteiger partial charge in [-0.05, 0) is 12.8 Å². The molecule has 0 aliphatic heterocycles. The summed E-state index contributed by atoms with van der Waals surface area (Å²) in [5.74, 6) is -0.590. The van der Waals surface area contributed by atoms with Gasteiger partial charge < -0.3 is 15.2 Å². The van der Waals surface area contributed by atoms with E-state index in [1.807, 2.05) is 13.8 Å². The number of carbonyl (C=O) groups excluding carboxylic acids is 1. The van der Waals surface area contributed by atoms with Crippen LogP contribution in [0.5, 0.6) is 0 Å². The Bertz CT molecular complexity index is 555. The normalized spacial score (nSPS) is 11.3. The molecule has 0 spiro atoms. The monoisotopic (exact) mass is 317 g/mol. The van der Waals surface area contributed by atoms with Crippen LogP contribution in [-0.4, -0.2) is 40.1 Å². The lowest BCUT2D eigenvalue weighted by Crippen LogP contribution is -2.36. The Labute approximate surface area is 127 Å². The SMILES string of the molecule is CCC(O)(CC)CNc1cnn(CC(=O)OC)c(=O)c1Cl. The van der Waals surface area contributed by atoms with Crippen LogP contribution in [0.25, 0.3) is 0 Å². The molecular weight excluding hydrogens is 298 g/mol. The van der Waals surface area contributed by atoms with E-state index in [-0.39, 0.29) is 18.1 Å². The number of carbonyl (C=O) groups is 1. The predicted octanol–water partition coefficient (Wildman–Crippen LogP) is 1.03. The summed E-state index contributed by atoms with van der Waals surface area (Å²) in [6, 6.07) is 0. The number of hydrogen-bond donors (Lipinski definition) is 2. The van der Waals surface area contributed by atoms with E-state index in [0.29, 0.717) is 18.5 Å². The maximum Gasteiger partial charge on any atom is 0.327 e. The number of hydrogen-bond acceptors (Lipinski definition) is 6. The highest BCUT2D eigenvalue weighted by Gasteiger charge is 2.22. The summed E-state index contributed by atoms with van der Waals surface area (Å²) in [7, 11) is 1.22. The summed E-state index contributed by atoms with van der Waals surface area (Å²) in [5.41, 5.74) is -1.14. The smallest absolute Gasteiger partial charge is 0.327 e. The van der Waals surface area contributed by atoms with E-state index < -0.39 is 17.1 Å². The standard InChI is InChI=1S/C13H20ClN3O4/c1-4-13(20,5-2)8-15-9-6-16-17(7-10(18)21-3)12(19)11(9)14/h6,15,20H,4-5,7-8H2,1-3H3. The summed E-state index contributed by atoms with van der Waals surface area (Å²) >= 11 is 5.97. The minimum Gasteiger partial charge on any atom is -0.468 e. The van der Waals surface area contributed by atoms with E-state index in [0.717, 1.165) is 4.68 Å². The van der Waals surface area contributed by atoms with Crippen molar-refractivity contribution < 1.29 is 14.6 Å². The molecule has 8 heteroatoms. The van der Waals surface area contributed by atoms with Crippen molar-refractivity contribution in [2.45, 2.75) is 38.8 Å². The van der Waals surface area contributed by atoms with Gasteiger partial charge in [0, 0.05) is 6.54 Å². The van der Waals surface area contributed by atoms with Crippen molar-refractivity contribution in [3.8, 4) is 0 Å². The van der Waals surface area contributed by atoms with Crippen molar-refractivity contribution in [1.82, 2.24) is 9.78 Å². The lowest BCUT2D eigenvalue weighted by Gasteiger charge is -2.26. The van der Waals surface area contributed by atoms with Crippen LogP contribution in [0.4, 0.5) is 5.69 Å². The first-order chi connectivity index (χ1) is 9.86. The van der Waals surface area contributed by atoms with Gasteiger partial charge in [-0.15, -0.1) is 0 Å². The minimum atomic E-state index is -0.871. The van der Waals surface area contributed by atoms with Crippen molar-refractivity contribution in [2.24, 2.45) is 0 Å². The molecule has 21 heavy (non-hydrogen) atoms. The van der Waals surface area contributed by atoms with E-state index in [4.69, 9.17) is 11.6 Å². The lowest BCUT2D eigenvalue weighted by atomic mass is 9.97. The summed E-state index contributed by atoms with van der Waals surface area (Å²) in [6.45, 7) is 3.70. The van der Waals surface area contributed by atoms with Crippen molar-refractivity contribution >= 4 is 23.3 Å². The first kappa shape index (κ1) is 17.5. The summed E-state index contributed by atoms with van der Waals surface area (Å²) in [6.07, 6.45) is 2.49. The zero-order valence-corrected chi connectivity index (χ0v) is 13.1. The molecular formula is C13H20ClN3O4. The fourth-order valence-electron chi connectivity index (χ4n) is 1.65. The Hall–Kier alpha value is -1.60.